The van der Waals surface area contributed by atoms with Gasteiger partial charge in [0.05, 0.1) is 47.3 Å². The number of aryl methyl sites for hydroxylation is 2. The van der Waals surface area contributed by atoms with E-state index in [0.29, 0.717) is 29.2 Å². The van der Waals surface area contributed by atoms with Crippen LogP contribution in [0.5, 0.6) is 0 Å². The highest BCUT2D eigenvalue weighted by Gasteiger charge is 2.10. The first kappa shape index (κ1) is 12.9. The Bertz CT molecular complexity index is 594. The van der Waals surface area contributed by atoms with Gasteiger partial charge in [0, 0.05) is 6.20 Å². The molecule has 0 spiro atoms. The predicted molar refractivity (Wildman–Crippen MR) is 71.3 cm³/mol. The van der Waals surface area contributed by atoms with Gasteiger partial charge in [0.25, 0.3) is 5.91 Å². The number of hydrogen-bond donors (Lipinski definition) is 2. The number of aromatic nitrogens is 3. The first-order chi connectivity index (χ1) is 9.06. The van der Waals surface area contributed by atoms with Crippen LogP contribution >= 0.6 is 0 Å². The van der Waals surface area contributed by atoms with Crippen LogP contribution in [0.2, 0.25) is 0 Å². The van der Waals surface area contributed by atoms with Crippen molar-refractivity contribution in [3.63, 3.8) is 0 Å². The molecule has 98 valence electrons. The van der Waals surface area contributed by atoms with Crippen LogP contribution in [0.1, 0.15) is 27.4 Å². The largest absolute Gasteiger partial charge is 0.397 e. The van der Waals surface area contributed by atoms with E-state index in [2.05, 4.69) is 20.3 Å². The molecule has 0 atom stereocenters. The number of rotatable bonds is 3. The molecule has 0 saturated carbocycles. The maximum absolute atomic E-state index is 12.0. The van der Waals surface area contributed by atoms with Gasteiger partial charge in [0.2, 0.25) is 0 Å². The average molecular weight is 257 g/mol. The summed E-state index contributed by atoms with van der Waals surface area (Å²) in [4.78, 5) is 24.3. The summed E-state index contributed by atoms with van der Waals surface area (Å²) < 4.78 is 0. The van der Waals surface area contributed by atoms with Gasteiger partial charge in [0.15, 0.2) is 0 Å². The summed E-state index contributed by atoms with van der Waals surface area (Å²) in [6, 6.07) is 1.61. The predicted octanol–water partition coefficient (Wildman–Crippen LogP) is 1.00. The van der Waals surface area contributed by atoms with Crippen molar-refractivity contribution in [1.82, 2.24) is 20.3 Å². The van der Waals surface area contributed by atoms with E-state index in [4.69, 9.17) is 5.73 Å². The van der Waals surface area contributed by atoms with E-state index < -0.39 is 0 Å². The van der Waals surface area contributed by atoms with Gasteiger partial charge in [-0.25, -0.2) is 0 Å². The normalized spacial score (nSPS) is 10.2. The lowest BCUT2D eigenvalue weighted by Crippen LogP contribution is -2.24. The molecule has 0 aliphatic carbocycles. The summed E-state index contributed by atoms with van der Waals surface area (Å²) in [6.07, 6.45) is 4.83. The summed E-state index contributed by atoms with van der Waals surface area (Å²) in [6.45, 7) is 3.94. The van der Waals surface area contributed by atoms with Gasteiger partial charge in [-0.1, -0.05) is 0 Å². The molecule has 6 heteroatoms. The highest BCUT2D eigenvalue weighted by atomic mass is 16.1. The number of nitrogen functional groups attached to an aromatic ring is 1. The molecule has 0 aliphatic rings. The zero-order valence-electron chi connectivity index (χ0n) is 10.8. The Morgan fingerprint density at radius 1 is 1.21 bits per heavy atom. The Morgan fingerprint density at radius 2 is 2.00 bits per heavy atom. The standard InChI is InChI=1S/C13H15N5O/c1-8-4-17-11(6-15-8)7-18-13(19)12-3-10(14)5-16-9(12)2/h3-6H,7,14H2,1-2H3,(H,18,19). The lowest BCUT2D eigenvalue weighted by Gasteiger charge is -2.07. The van der Waals surface area contributed by atoms with Crippen LogP contribution in [0.3, 0.4) is 0 Å². The fourth-order valence-corrected chi connectivity index (χ4v) is 1.56. The Labute approximate surface area is 111 Å². The topological polar surface area (TPSA) is 93.8 Å². The summed E-state index contributed by atoms with van der Waals surface area (Å²) in [5.74, 6) is -0.223. The van der Waals surface area contributed by atoms with Gasteiger partial charge >= 0.3 is 0 Å². The molecular formula is C13H15N5O. The van der Waals surface area contributed by atoms with Crippen LogP contribution < -0.4 is 11.1 Å². The van der Waals surface area contributed by atoms with Crippen LogP contribution in [0.15, 0.2) is 24.7 Å². The molecule has 0 bridgehead atoms. The van der Waals surface area contributed by atoms with Crippen molar-refractivity contribution in [3.8, 4) is 0 Å². The van der Waals surface area contributed by atoms with E-state index in [-0.39, 0.29) is 5.91 Å². The minimum Gasteiger partial charge on any atom is -0.397 e. The maximum atomic E-state index is 12.0. The zero-order chi connectivity index (χ0) is 13.8. The Kier molecular flexibility index (Phi) is 3.70. The third-order valence-corrected chi connectivity index (χ3v) is 2.62. The number of nitrogens with one attached hydrogen (secondary N) is 1. The lowest BCUT2D eigenvalue weighted by molar-refractivity contribution is 0.0949. The molecule has 0 saturated heterocycles. The second-order valence-corrected chi connectivity index (χ2v) is 4.23. The minimum absolute atomic E-state index is 0.223. The molecule has 0 aromatic carbocycles. The Hall–Kier alpha value is -2.50. The van der Waals surface area contributed by atoms with E-state index in [1.54, 1.807) is 25.4 Å². The van der Waals surface area contributed by atoms with Crippen LogP contribution in [0.4, 0.5) is 5.69 Å². The van der Waals surface area contributed by atoms with Gasteiger partial charge in [0.1, 0.15) is 0 Å². The number of anilines is 1. The average Bonchev–Trinajstić information content (AvgIpc) is 2.40. The highest BCUT2D eigenvalue weighted by Crippen LogP contribution is 2.09. The van der Waals surface area contributed by atoms with Crippen molar-refractivity contribution in [2.24, 2.45) is 0 Å². The number of hydrogen-bond acceptors (Lipinski definition) is 5. The first-order valence-electron chi connectivity index (χ1n) is 5.84. The molecule has 2 heterocycles. The number of carbonyl (C=O) groups is 1. The molecule has 1 amide bonds. The smallest absolute Gasteiger partial charge is 0.253 e. The quantitative estimate of drug-likeness (QED) is 0.855. The third kappa shape index (κ3) is 3.25. The van der Waals surface area contributed by atoms with Crippen molar-refractivity contribution >= 4 is 11.6 Å². The second kappa shape index (κ2) is 5.43. The summed E-state index contributed by atoms with van der Waals surface area (Å²) in [5.41, 5.74) is 8.74. The molecule has 0 radical (unpaired) electrons. The molecule has 3 N–H and O–H groups in total. The van der Waals surface area contributed by atoms with E-state index in [1.165, 1.54) is 6.20 Å². The van der Waals surface area contributed by atoms with E-state index in [0.717, 1.165) is 5.69 Å². The van der Waals surface area contributed by atoms with E-state index in [1.807, 2.05) is 6.92 Å². The van der Waals surface area contributed by atoms with Crippen LogP contribution in [-0.4, -0.2) is 20.9 Å². The maximum Gasteiger partial charge on any atom is 0.253 e. The van der Waals surface area contributed by atoms with Crippen LogP contribution in [0.25, 0.3) is 0 Å². The van der Waals surface area contributed by atoms with Gasteiger partial charge in [-0.2, -0.15) is 0 Å². The number of carbonyl (C=O) groups excluding carboxylic acids is 1. The van der Waals surface area contributed by atoms with Crippen LogP contribution in [-0.2, 0) is 6.54 Å². The van der Waals surface area contributed by atoms with Crippen molar-refractivity contribution in [3.05, 3.63) is 47.3 Å². The van der Waals surface area contributed by atoms with E-state index in [9.17, 15) is 4.79 Å². The monoisotopic (exact) mass is 257 g/mol. The Balaban J connectivity index is 2.05. The molecule has 0 aliphatic heterocycles. The van der Waals surface area contributed by atoms with Gasteiger partial charge in [-0.3, -0.25) is 19.7 Å². The highest BCUT2D eigenvalue weighted by molar-refractivity contribution is 5.95. The summed E-state index contributed by atoms with van der Waals surface area (Å²) in [5, 5.41) is 2.77. The van der Waals surface area contributed by atoms with Gasteiger partial charge in [-0.05, 0) is 19.9 Å². The molecule has 19 heavy (non-hydrogen) atoms. The summed E-state index contributed by atoms with van der Waals surface area (Å²) in [7, 11) is 0. The minimum atomic E-state index is -0.223. The van der Waals surface area contributed by atoms with Gasteiger partial charge < -0.3 is 11.1 Å². The van der Waals surface area contributed by atoms with Gasteiger partial charge in [-0.15, -0.1) is 0 Å². The number of amides is 1. The molecule has 2 aromatic rings. The lowest BCUT2D eigenvalue weighted by atomic mass is 10.2. The molecule has 0 unspecified atom stereocenters. The van der Waals surface area contributed by atoms with Crippen molar-refractivity contribution < 1.29 is 4.79 Å². The fraction of sp³-hybridized carbons (Fsp3) is 0.231. The van der Waals surface area contributed by atoms with Crippen LogP contribution in [0, 0.1) is 13.8 Å². The molecule has 0 fully saturated rings. The summed E-state index contributed by atoms with van der Waals surface area (Å²) >= 11 is 0. The fourth-order valence-electron chi connectivity index (χ4n) is 1.56. The number of pyridine rings is 1. The molecular weight excluding hydrogens is 242 g/mol. The Morgan fingerprint density at radius 3 is 2.68 bits per heavy atom. The molecule has 2 rings (SSSR count). The molecule has 2 aromatic heterocycles. The number of nitrogens with two attached hydrogens (primary N) is 1. The third-order valence-electron chi connectivity index (χ3n) is 2.62. The van der Waals surface area contributed by atoms with Crippen molar-refractivity contribution in [1.29, 1.82) is 0 Å². The van der Waals surface area contributed by atoms with Crippen molar-refractivity contribution in [2.45, 2.75) is 20.4 Å². The zero-order valence-corrected chi connectivity index (χ0v) is 10.8. The number of nitrogens with zero attached hydrogens (tertiary/aromatic N) is 3. The van der Waals surface area contributed by atoms with Crippen molar-refractivity contribution in [2.75, 3.05) is 5.73 Å². The SMILES string of the molecule is Cc1cnc(CNC(=O)c2cc(N)cnc2C)cn1. The molecule has 6 nitrogen and oxygen atoms in total. The first-order valence-corrected chi connectivity index (χ1v) is 5.84. The second-order valence-electron chi connectivity index (χ2n) is 4.23. The van der Waals surface area contributed by atoms with E-state index >= 15 is 0 Å².